The van der Waals surface area contributed by atoms with Crippen molar-refractivity contribution in [2.24, 2.45) is 0 Å². The summed E-state index contributed by atoms with van der Waals surface area (Å²) in [5, 5.41) is 3.31. The average molecular weight is 193 g/mol. The molecule has 1 aliphatic rings. The van der Waals surface area contributed by atoms with Crippen molar-refractivity contribution in [1.29, 1.82) is 0 Å². The first-order valence-corrected chi connectivity index (χ1v) is 5.13. The Balaban J connectivity index is 2.26. The van der Waals surface area contributed by atoms with Gasteiger partial charge in [-0.3, -0.25) is 0 Å². The third-order valence-electron chi connectivity index (χ3n) is 2.37. The molecular formula is C12H19NO. The topological polar surface area (TPSA) is 21.3 Å². The van der Waals surface area contributed by atoms with Gasteiger partial charge in [0.1, 0.15) is 0 Å². The van der Waals surface area contributed by atoms with Crippen LogP contribution in [-0.2, 0) is 4.74 Å². The van der Waals surface area contributed by atoms with Gasteiger partial charge in [-0.1, -0.05) is 31.4 Å². The summed E-state index contributed by atoms with van der Waals surface area (Å²) in [7, 11) is 0. The van der Waals surface area contributed by atoms with E-state index in [1.54, 1.807) is 6.08 Å². The Morgan fingerprint density at radius 3 is 2.64 bits per heavy atom. The summed E-state index contributed by atoms with van der Waals surface area (Å²) in [5.41, 5.74) is 1.10. The molecule has 2 heteroatoms. The number of allylic oxidation sites excluding steroid dienone is 2. The first-order valence-electron chi connectivity index (χ1n) is 5.13. The molecule has 14 heavy (non-hydrogen) atoms. The number of piperidine rings is 1. The second kappa shape index (κ2) is 6.57. The molecule has 0 aromatic carbocycles. The Labute approximate surface area is 86.3 Å². The second-order valence-corrected chi connectivity index (χ2v) is 3.44. The molecule has 0 unspecified atom stereocenters. The van der Waals surface area contributed by atoms with Crippen LogP contribution in [0.25, 0.3) is 0 Å². The number of rotatable bonds is 5. The molecule has 0 bridgehead atoms. The first kappa shape index (κ1) is 11.2. The summed E-state index contributed by atoms with van der Waals surface area (Å²) in [6.07, 6.45) is 8.15. The smallest absolute Gasteiger partial charge is 0.0720 e. The Hall–Kier alpha value is -0.860. The summed E-state index contributed by atoms with van der Waals surface area (Å²) in [4.78, 5) is 0. The zero-order chi connectivity index (χ0) is 10.2. The minimum Gasteiger partial charge on any atom is -0.373 e. The van der Waals surface area contributed by atoms with Crippen molar-refractivity contribution in [3.8, 4) is 0 Å². The molecule has 0 spiro atoms. The molecule has 1 fully saturated rings. The number of ether oxygens (including phenoxy) is 1. The van der Waals surface area contributed by atoms with Gasteiger partial charge >= 0.3 is 0 Å². The van der Waals surface area contributed by atoms with Gasteiger partial charge in [0.25, 0.3) is 0 Å². The Morgan fingerprint density at radius 2 is 2.07 bits per heavy atom. The highest BCUT2D eigenvalue weighted by molar-refractivity contribution is 5.21. The predicted molar refractivity (Wildman–Crippen MR) is 60.3 cm³/mol. The average Bonchev–Trinajstić information content (AvgIpc) is 2.25. The zero-order valence-corrected chi connectivity index (χ0v) is 8.67. The molecule has 2 nitrogen and oxygen atoms in total. The highest BCUT2D eigenvalue weighted by atomic mass is 16.5. The maximum absolute atomic E-state index is 5.76. The number of hydrogen-bond acceptors (Lipinski definition) is 2. The minimum absolute atomic E-state index is 0.407. The molecule has 1 N–H and O–H groups in total. The maximum Gasteiger partial charge on any atom is 0.0720 e. The highest BCUT2D eigenvalue weighted by Gasteiger charge is 2.12. The van der Waals surface area contributed by atoms with E-state index in [1.165, 1.54) is 0 Å². The van der Waals surface area contributed by atoms with Crippen LogP contribution in [0.2, 0.25) is 0 Å². The van der Waals surface area contributed by atoms with Crippen LogP contribution in [0, 0.1) is 0 Å². The van der Waals surface area contributed by atoms with E-state index < -0.39 is 0 Å². The van der Waals surface area contributed by atoms with E-state index in [1.807, 2.05) is 12.2 Å². The fraction of sp³-hybridized carbons (Fsp3) is 0.500. The lowest BCUT2D eigenvalue weighted by Crippen LogP contribution is -2.32. The summed E-state index contributed by atoms with van der Waals surface area (Å²) >= 11 is 0. The van der Waals surface area contributed by atoms with Crippen molar-refractivity contribution in [3.63, 3.8) is 0 Å². The third-order valence-corrected chi connectivity index (χ3v) is 2.37. The van der Waals surface area contributed by atoms with Crippen LogP contribution in [0.15, 0.2) is 37.0 Å². The first-order chi connectivity index (χ1) is 6.86. The van der Waals surface area contributed by atoms with Crippen LogP contribution in [0.1, 0.15) is 12.8 Å². The molecule has 0 atom stereocenters. The van der Waals surface area contributed by atoms with Crippen molar-refractivity contribution >= 4 is 0 Å². The molecule has 0 radical (unpaired) electrons. The second-order valence-electron chi connectivity index (χ2n) is 3.44. The lowest BCUT2D eigenvalue weighted by Gasteiger charge is -2.23. The number of hydrogen-bond donors (Lipinski definition) is 1. The monoisotopic (exact) mass is 193 g/mol. The van der Waals surface area contributed by atoms with E-state index >= 15 is 0 Å². The molecule has 0 amide bonds. The van der Waals surface area contributed by atoms with E-state index in [-0.39, 0.29) is 0 Å². The molecule has 78 valence electrons. The molecule has 1 heterocycles. The standard InChI is InChI=1S/C12H19NO/c1-3-5-11(4-2)10-14-12-6-8-13-9-7-12/h3-5,12-13H,1-2,6-10H2/b11-5+. The van der Waals surface area contributed by atoms with Gasteiger partial charge in [0, 0.05) is 0 Å². The van der Waals surface area contributed by atoms with Gasteiger partial charge < -0.3 is 10.1 Å². The normalized spacial score (nSPS) is 19.3. The quantitative estimate of drug-likeness (QED) is 0.675. The van der Waals surface area contributed by atoms with Gasteiger partial charge in [0.05, 0.1) is 12.7 Å². The lowest BCUT2D eigenvalue weighted by atomic mass is 10.1. The van der Waals surface area contributed by atoms with Gasteiger partial charge in [-0.25, -0.2) is 0 Å². The van der Waals surface area contributed by atoms with E-state index in [0.717, 1.165) is 31.5 Å². The molecule has 0 aromatic rings. The van der Waals surface area contributed by atoms with Gasteiger partial charge in [-0.05, 0) is 31.5 Å². The lowest BCUT2D eigenvalue weighted by molar-refractivity contribution is 0.0487. The van der Waals surface area contributed by atoms with E-state index in [2.05, 4.69) is 18.5 Å². The Morgan fingerprint density at radius 1 is 1.36 bits per heavy atom. The minimum atomic E-state index is 0.407. The van der Waals surface area contributed by atoms with Crippen molar-refractivity contribution in [3.05, 3.63) is 37.0 Å². The molecule has 0 saturated carbocycles. The van der Waals surface area contributed by atoms with Crippen molar-refractivity contribution in [1.82, 2.24) is 5.32 Å². The van der Waals surface area contributed by atoms with Crippen LogP contribution < -0.4 is 5.32 Å². The summed E-state index contributed by atoms with van der Waals surface area (Å²) in [5.74, 6) is 0. The van der Waals surface area contributed by atoms with Crippen LogP contribution in [0.5, 0.6) is 0 Å². The summed E-state index contributed by atoms with van der Waals surface area (Å²) in [6.45, 7) is 10.2. The van der Waals surface area contributed by atoms with E-state index in [4.69, 9.17) is 4.74 Å². The van der Waals surface area contributed by atoms with Gasteiger partial charge in [0.2, 0.25) is 0 Å². The van der Waals surface area contributed by atoms with E-state index in [0.29, 0.717) is 12.7 Å². The third kappa shape index (κ3) is 3.90. The van der Waals surface area contributed by atoms with Crippen LogP contribution >= 0.6 is 0 Å². The molecular weight excluding hydrogens is 174 g/mol. The highest BCUT2D eigenvalue weighted by Crippen LogP contribution is 2.09. The SMILES string of the molecule is C=C/C=C(\C=C)COC1CCNCC1. The Kier molecular flexibility index (Phi) is 5.27. The molecule has 0 aromatic heterocycles. The van der Waals surface area contributed by atoms with Crippen molar-refractivity contribution < 1.29 is 4.74 Å². The molecule has 1 rings (SSSR count). The molecule has 1 saturated heterocycles. The van der Waals surface area contributed by atoms with E-state index in [9.17, 15) is 0 Å². The zero-order valence-electron chi connectivity index (χ0n) is 8.67. The number of nitrogens with one attached hydrogen (secondary N) is 1. The van der Waals surface area contributed by atoms with Gasteiger partial charge in [-0.2, -0.15) is 0 Å². The fourth-order valence-electron chi connectivity index (χ4n) is 1.50. The Bertz CT molecular complexity index is 214. The van der Waals surface area contributed by atoms with Gasteiger partial charge in [0.15, 0.2) is 0 Å². The van der Waals surface area contributed by atoms with Crippen molar-refractivity contribution in [2.45, 2.75) is 18.9 Å². The molecule has 0 aliphatic carbocycles. The largest absolute Gasteiger partial charge is 0.373 e. The fourth-order valence-corrected chi connectivity index (χ4v) is 1.50. The molecule has 1 aliphatic heterocycles. The predicted octanol–water partition coefficient (Wildman–Crippen LogP) is 2.05. The summed E-state index contributed by atoms with van der Waals surface area (Å²) < 4.78 is 5.76. The van der Waals surface area contributed by atoms with Crippen LogP contribution in [0.4, 0.5) is 0 Å². The van der Waals surface area contributed by atoms with Crippen LogP contribution in [-0.4, -0.2) is 25.8 Å². The van der Waals surface area contributed by atoms with Gasteiger partial charge in [-0.15, -0.1) is 0 Å². The maximum atomic E-state index is 5.76. The van der Waals surface area contributed by atoms with Crippen molar-refractivity contribution in [2.75, 3.05) is 19.7 Å². The summed E-state index contributed by atoms with van der Waals surface area (Å²) in [6, 6.07) is 0. The van der Waals surface area contributed by atoms with Crippen LogP contribution in [0.3, 0.4) is 0 Å².